The molecule has 0 radical (unpaired) electrons. The first-order valence-corrected chi connectivity index (χ1v) is 7.13. The maximum atomic E-state index is 13.3. The molecule has 2 saturated heterocycles. The van der Waals surface area contributed by atoms with E-state index in [0.717, 1.165) is 6.92 Å². The fraction of sp³-hybridized carbons (Fsp3) is 0.929. The van der Waals surface area contributed by atoms with Gasteiger partial charge in [-0.05, 0) is 27.2 Å². The molecule has 0 N–H and O–H groups in total. The number of carbonyl (C=O) groups excluding carboxylic acids is 1. The smallest absolute Gasteiger partial charge is 0.248 e. The molecule has 3 aliphatic rings. The van der Waals surface area contributed by atoms with Gasteiger partial charge in [0.25, 0.3) is 0 Å². The molecule has 1 amide bonds. The molecule has 2 aliphatic heterocycles. The van der Waals surface area contributed by atoms with E-state index in [1.165, 1.54) is 0 Å². The third kappa shape index (κ3) is 2.44. The second kappa shape index (κ2) is 4.37. The second-order valence-electron chi connectivity index (χ2n) is 6.89. The van der Waals surface area contributed by atoms with E-state index in [2.05, 4.69) is 0 Å². The lowest BCUT2D eigenvalue weighted by Crippen LogP contribution is -2.60. The highest BCUT2D eigenvalue weighted by Gasteiger charge is 2.58. The molecule has 0 aromatic carbocycles. The zero-order valence-electron chi connectivity index (χ0n) is 12.1. The first-order valence-electron chi connectivity index (χ1n) is 7.13. The third-order valence-electron chi connectivity index (χ3n) is 4.46. The van der Waals surface area contributed by atoms with Gasteiger partial charge in [0, 0.05) is 18.4 Å². The standard InChI is InChI=1S/C14H21F2NO3/c1-13(2)7-17(10-5-19-6-11(10)20-13)12(18)8-4-9(8)14(3,15)16/h8-11H,4-7H2,1-3H3/t8-,9-,10-,11-/m1/s1. The number of hydrogen-bond acceptors (Lipinski definition) is 3. The first-order chi connectivity index (χ1) is 9.19. The molecular weight excluding hydrogens is 268 g/mol. The molecule has 0 unspecified atom stereocenters. The fourth-order valence-corrected chi connectivity index (χ4v) is 3.38. The zero-order valence-corrected chi connectivity index (χ0v) is 12.1. The number of ether oxygens (including phenoxy) is 2. The molecule has 0 bridgehead atoms. The summed E-state index contributed by atoms with van der Waals surface area (Å²) >= 11 is 0. The van der Waals surface area contributed by atoms with Gasteiger partial charge in [0.05, 0.1) is 24.9 Å². The maximum Gasteiger partial charge on any atom is 0.248 e. The first kappa shape index (κ1) is 14.2. The summed E-state index contributed by atoms with van der Waals surface area (Å²) in [6.07, 6.45) is 0.153. The minimum atomic E-state index is -2.77. The highest BCUT2D eigenvalue weighted by Crippen LogP contribution is 2.50. The van der Waals surface area contributed by atoms with Gasteiger partial charge in [-0.2, -0.15) is 0 Å². The molecule has 4 atom stereocenters. The number of hydrogen-bond donors (Lipinski definition) is 0. The van der Waals surface area contributed by atoms with Crippen molar-refractivity contribution in [2.24, 2.45) is 11.8 Å². The predicted molar refractivity (Wildman–Crippen MR) is 67.5 cm³/mol. The molecule has 2 heterocycles. The highest BCUT2D eigenvalue weighted by atomic mass is 19.3. The monoisotopic (exact) mass is 289 g/mol. The Morgan fingerprint density at radius 3 is 2.65 bits per heavy atom. The number of carbonyl (C=O) groups is 1. The molecule has 114 valence electrons. The summed E-state index contributed by atoms with van der Waals surface area (Å²) in [4.78, 5) is 14.2. The normalized spacial score (nSPS) is 39.5. The zero-order chi connectivity index (χ0) is 14.7. The Bertz CT molecular complexity index is 421. The van der Waals surface area contributed by atoms with Crippen molar-refractivity contribution in [3.8, 4) is 0 Å². The van der Waals surface area contributed by atoms with Crippen molar-refractivity contribution in [2.45, 2.75) is 50.9 Å². The average molecular weight is 289 g/mol. The number of morpholine rings is 1. The van der Waals surface area contributed by atoms with Crippen LogP contribution < -0.4 is 0 Å². The molecule has 1 saturated carbocycles. The van der Waals surface area contributed by atoms with E-state index in [4.69, 9.17) is 9.47 Å². The van der Waals surface area contributed by atoms with Gasteiger partial charge < -0.3 is 14.4 Å². The molecule has 20 heavy (non-hydrogen) atoms. The lowest BCUT2D eigenvalue weighted by atomic mass is 10.00. The lowest BCUT2D eigenvalue weighted by Gasteiger charge is -2.45. The second-order valence-corrected chi connectivity index (χ2v) is 6.89. The van der Waals surface area contributed by atoms with Crippen molar-refractivity contribution in [1.29, 1.82) is 0 Å². The van der Waals surface area contributed by atoms with Gasteiger partial charge in [-0.1, -0.05) is 0 Å². The van der Waals surface area contributed by atoms with E-state index in [9.17, 15) is 13.6 Å². The van der Waals surface area contributed by atoms with E-state index in [0.29, 0.717) is 26.2 Å². The van der Waals surface area contributed by atoms with Gasteiger partial charge >= 0.3 is 0 Å². The number of rotatable bonds is 2. The summed E-state index contributed by atoms with van der Waals surface area (Å²) in [7, 11) is 0. The van der Waals surface area contributed by atoms with Gasteiger partial charge in [0.2, 0.25) is 11.8 Å². The summed E-state index contributed by atoms with van der Waals surface area (Å²) in [5.74, 6) is -4.27. The third-order valence-corrected chi connectivity index (χ3v) is 4.46. The fourth-order valence-electron chi connectivity index (χ4n) is 3.38. The summed E-state index contributed by atoms with van der Waals surface area (Å²) in [6.45, 7) is 6.08. The van der Waals surface area contributed by atoms with Crippen LogP contribution in [0.3, 0.4) is 0 Å². The van der Waals surface area contributed by atoms with Crippen molar-refractivity contribution in [1.82, 2.24) is 4.90 Å². The lowest BCUT2D eigenvalue weighted by molar-refractivity contribution is -0.171. The number of halogens is 2. The summed E-state index contributed by atoms with van der Waals surface area (Å²) in [6, 6.07) is -0.123. The molecule has 6 heteroatoms. The molecule has 3 rings (SSSR count). The average Bonchev–Trinajstić information content (AvgIpc) is 3.00. The van der Waals surface area contributed by atoms with Crippen LogP contribution in [0, 0.1) is 11.8 Å². The maximum absolute atomic E-state index is 13.3. The van der Waals surface area contributed by atoms with Crippen LogP contribution in [0.4, 0.5) is 8.78 Å². The number of fused-ring (bicyclic) bond motifs is 1. The molecule has 1 aliphatic carbocycles. The van der Waals surface area contributed by atoms with Crippen molar-refractivity contribution in [3.63, 3.8) is 0 Å². The Morgan fingerprint density at radius 2 is 2.05 bits per heavy atom. The summed E-state index contributed by atoms with van der Waals surface area (Å²) in [5, 5.41) is 0. The SMILES string of the molecule is CC1(C)CN(C(=O)[C@@H]2C[C@H]2C(C)(F)F)[C@@H]2COC[C@H]2O1. The summed E-state index contributed by atoms with van der Waals surface area (Å²) < 4.78 is 37.9. The quantitative estimate of drug-likeness (QED) is 0.776. The van der Waals surface area contributed by atoms with Gasteiger partial charge in [0.15, 0.2) is 0 Å². The van der Waals surface area contributed by atoms with Crippen molar-refractivity contribution >= 4 is 5.91 Å². The highest BCUT2D eigenvalue weighted by molar-refractivity contribution is 5.82. The molecule has 0 aromatic rings. The van der Waals surface area contributed by atoms with Gasteiger partial charge in [0.1, 0.15) is 6.10 Å². The van der Waals surface area contributed by atoms with Crippen LogP contribution in [0.15, 0.2) is 0 Å². The van der Waals surface area contributed by atoms with Crippen LogP contribution in [0.1, 0.15) is 27.2 Å². The van der Waals surface area contributed by atoms with Crippen molar-refractivity contribution in [2.75, 3.05) is 19.8 Å². The largest absolute Gasteiger partial charge is 0.376 e. The Morgan fingerprint density at radius 1 is 1.35 bits per heavy atom. The van der Waals surface area contributed by atoms with Gasteiger partial charge in [-0.15, -0.1) is 0 Å². The van der Waals surface area contributed by atoms with Crippen LogP contribution in [0.2, 0.25) is 0 Å². The van der Waals surface area contributed by atoms with E-state index >= 15 is 0 Å². The van der Waals surface area contributed by atoms with Crippen LogP contribution in [-0.2, 0) is 14.3 Å². The van der Waals surface area contributed by atoms with Gasteiger partial charge in [-0.25, -0.2) is 8.78 Å². The number of nitrogens with zero attached hydrogens (tertiary/aromatic N) is 1. The Balaban J connectivity index is 1.74. The molecule has 4 nitrogen and oxygen atoms in total. The summed E-state index contributed by atoms with van der Waals surface area (Å²) in [5.41, 5.74) is -0.455. The topological polar surface area (TPSA) is 38.8 Å². The molecule has 0 spiro atoms. The van der Waals surface area contributed by atoms with Crippen LogP contribution >= 0.6 is 0 Å². The Kier molecular flexibility index (Phi) is 3.10. The van der Waals surface area contributed by atoms with Crippen molar-refractivity contribution < 1.29 is 23.0 Å². The minimum Gasteiger partial charge on any atom is -0.376 e. The van der Waals surface area contributed by atoms with E-state index in [-0.39, 0.29) is 18.1 Å². The number of amides is 1. The van der Waals surface area contributed by atoms with Gasteiger partial charge in [-0.3, -0.25) is 4.79 Å². The van der Waals surface area contributed by atoms with Crippen molar-refractivity contribution in [3.05, 3.63) is 0 Å². The van der Waals surface area contributed by atoms with Crippen LogP contribution in [-0.4, -0.2) is 54.2 Å². The molecule has 3 fully saturated rings. The molecular formula is C14H21F2NO3. The minimum absolute atomic E-state index is 0.123. The predicted octanol–water partition coefficient (Wildman–Crippen LogP) is 1.68. The van der Waals surface area contributed by atoms with Crippen LogP contribution in [0.5, 0.6) is 0 Å². The molecule has 0 aromatic heterocycles. The Labute approximate surface area is 117 Å². The number of alkyl halides is 2. The Hall–Kier alpha value is -0.750. The van der Waals surface area contributed by atoms with Crippen LogP contribution in [0.25, 0.3) is 0 Å². The van der Waals surface area contributed by atoms with E-state index in [1.54, 1.807) is 4.90 Å². The van der Waals surface area contributed by atoms with E-state index in [1.807, 2.05) is 13.8 Å². The van der Waals surface area contributed by atoms with E-state index < -0.39 is 23.4 Å².